The number of hydrogen-bond acceptors (Lipinski definition) is 5. The highest BCUT2D eigenvalue weighted by Crippen LogP contribution is 1.99. The molecule has 0 amide bonds. The Balaban J connectivity index is 3.21. The van der Waals surface area contributed by atoms with Gasteiger partial charge >= 0.3 is 0 Å². The minimum atomic E-state index is 0.146. The maximum absolute atomic E-state index is 10.7. The SMILES string of the molecule is C/C(=N\O)c1c(C)no[n+]1[O-]. The minimum Gasteiger partial charge on any atom is -0.411 e. The second-order valence-corrected chi connectivity index (χ2v) is 2.05. The molecule has 11 heavy (non-hydrogen) atoms. The number of aromatic nitrogens is 2. The largest absolute Gasteiger partial charge is 0.411 e. The van der Waals surface area contributed by atoms with Crippen LogP contribution in [0, 0.1) is 12.1 Å². The minimum absolute atomic E-state index is 0.146. The topological polar surface area (TPSA) is 85.6 Å². The molecule has 0 aliphatic carbocycles. The normalized spacial score (nSPS) is 12.0. The van der Waals surface area contributed by atoms with Crippen molar-refractivity contribution in [2.45, 2.75) is 13.8 Å². The molecular formula is C5H7N3O3. The molecule has 60 valence electrons. The highest BCUT2D eigenvalue weighted by Gasteiger charge is 2.17. The Morgan fingerprint density at radius 3 is 2.82 bits per heavy atom. The number of nitrogens with zero attached hydrogens (tertiary/aromatic N) is 3. The molecule has 1 N–H and O–H groups in total. The molecule has 1 heterocycles. The summed E-state index contributed by atoms with van der Waals surface area (Å²) in [5.41, 5.74) is 0.724. The van der Waals surface area contributed by atoms with Gasteiger partial charge in [0.05, 0.1) is 0 Å². The van der Waals surface area contributed by atoms with Gasteiger partial charge in [-0.1, -0.05) is 5.16 Å². The van der Waals surface area contributed by atoms with E-state index >= 15 is 0 Å². The first-order valence-electron chi connectivity index (χ1n) is 2.92. The van der Waals surface area contributed by atoms with Crippen molar-refractivity contribution in [3.05, 3.63) is 16.6 Å². The van der Waals surface area contributed by atoms with Gasteiger partial charge in [-0.3, -0.25) is 4.63 Å². The summed E-state index contributed by atoms with van der Waals surface area (Å²) in [4.78, 5) is 0.199. The van der Waals surface area contributed by atoms with Gasteiger partial charge in [0.25, 0.3) is 0 Å². The summed E-state index contributed by atoms with van der Waals surface area (Å²) in [7, 11) is 0. The maximum Gasteiger partial charge on any atom is 0.245 e. The fourth-order valence-electron chi connectivity index (χ4n) is 0.756. The lowest BCUT2D eigenvalue weighted by molar-refractivity contribution is -0.803. The molecule has 0 aliphatic heterocycles. The van der Waals surface area contributed by atoms with Gasteiger partial charge in [-0.2, -0.15) is 0 Å². The Morgan fingerprint density at radius 1 is 1.82 bits per heavy atom. The molecule has 0 saturated heterocycles. The summed E-state index contributed by atoms with van der Waals surface area (Å²) >= 11 is 0. The molecule has 0 spiro atoms. The van der Waals surface area contributed by atoms with E-state index in [-0.39, 0.29) is 16.3 Å². The summed E-state index contributed by atoms with van der Waals surface area (Å²) in [6.45, 7) is 3.07. The van der Waals surface area contributed by atoms with Crippen LogP contribution in [0.4, 0.5) is 0 Å². The molecule has 6 heteroatoms. The predicted octanol–water partition coefficient (Wildman–Crippen LogP) is -0.185. The van der Waals surface area contributed by atoms with Crippen molar-refractivity contribution < 1.29 is 14.7 Å². The fraction of sp³-hybridized carbons (Fsp3) is 0.400. The Morgan fingerprint density at radius 2 is 2.45 bits per heavy atom. The summed E-state index contributed by atoms with van der Waals surface area (Å²) in [6.07, 6.45) is 0. The van der Waals surface area contributed by atoms with Crippen LogP contribution >= 0.6 is 0 Å². The van der Waals surface area contributed by atoms with Gasteiger partial charge in [0.15, 0.2) is 0 Å². The highest BCUT2D eigenvalue weighted by atomic mass is 16.8. The van der Waals surface area contributed by atoms with E-state index < -0.39 is 0 Å². The summed E-state index contributed by atoms with van der Waals surface area (Å²) < 4.78 is 4.24. The van der Waals surface area contributed by atoms with Gasteiger partial charge in [-0.25, -0.2) is 0 Å². The van der Waals surface area contributed by atoms with E-state index in [0.717, 1.165) is 0 Å². The zero-order valence-corrected chi connectivity index (χ0v) is 6.11. The van der Waals surface area contributed by atoms with Gasteiger partial charge in [0.1, 0.15) is 5.71 Å². The molecule has 0 aromatic carbocycles. The molecule has 0 radical (unpaired) electrons. The third kappa shape index (κ3) is 1.14. The van der Waals surface area contributed by atoms with Crippen LogP contribution in [0.15, 0.2) is 9.78 Å². The lowest BCUT2D eigenvalue weighted by Gasteiger charge is -1.91. The Labute approximate surface area is 62.3 Å². The first kappa shape index (κ1) is 7.52. The van der Waals surface area contributed by atoms with Crippen LogP contribution in [0.2, 0.25) is 0 Å². The van der Waals surface area contributed by atoms with E-state index in [1.54, 1.807) is 6.92 Å². The molecule has 0 atom stereocenters. The van der Waals surface area contributed by atoms with E-state index in [1.807, 2.05) is 0 Å². The van der Waals surface area contributed by atoms with E-state index in [0.29, 0.717) is 5.69 Å². The van der Waals surface area contributed by atoms with Gasteiger partial charge in [0, 0.05) is 12.1 Å². The van der Waals surface area contributed by atoms with Crippen LogP contribution in [0.5, 0.6) is 0 Å². The number of oxime groups is 1. The molecular weight excluding hydrogens is 150 g/mol. The molecule has 0 fully saturated rings. The van der Waals surface area contributed by atoms with Gasteiger partial charge in [-0.05, 0) is 11.8 Å². The molecule has 0 bridgehead atoms. The zero-order chi connectivity index (χ0) is 8.43. The van der Waals surface area contributed by atoms with E-state index in [2.05, 4.69) is 14.9 Å². The van der Waals surface area contributed by atoms with Crippen LogP contribution in [-0.4, -0.2) is 16.1 Å². The molecule has 1 aromatic heterocycles. The molecule has 1 rings (SSSR count). The Bertz CT molecular complexity index is 272. The first-order chi connectivity index (χ1) is 5.16. The lowest BCUT2D eigenvalue weighted by Crippen LogP contribution is -2.30. The number of rotatable bonds is 1. The van der Waals surface area contributed by atoms with Crippen LogP contribution in [0.1, 0.15) is 18.3 Å². The second kappa shape index (κ2) is 2.57. The standard InChI is InChI=1S/C5H7N3O3/c1-3(6-9)5-4(2)7-11-8(5)10/h9H,1-2H3/b6-3+. The Hall–Kier alpha value is -1.59. The van der Waals surface area contributed by atoms with E-state index in [1.165, 1.54) is 6.92 Å². The van der Waals surface area contributed by atoms with Crippen LogP contribution < -0.4 is 4.90 Å². The van der Waals surface area contributed by atoms with Crippen LogP contribution in [0.25, 0.3) is 0 Å². The molecule has 1 aromatic rings. The van der Waals surface area contributed by atoms with Crippen molar-refractivity contribution in [3.8, 4) is 0 Å². The average molecular weight is 157 g/mol. The van der Waals surface area contributed by atoms with Gasteiger partial charge < -0.3 is 10.4 Å². The first-order valence-corrected chi connectivity index (χ1v) is 2.92. The number of hydrogen-bond donors (Lipinski definition) is 1. The molecule has 0 aliphatic rings. The second-order valence-electron chi connectivity index (χ2n) is 2.05. The fourth-order valence-corrected chi connectivity index (χ4v) is 0.756. The van der Waals surface area contributed by atoms with Crippen molar-refractivity contribution in [2.75, 3.05) is 0 Å². The molecule has 0 unspecified atom stereocenters. The monoisotopic (exact) mass is 157 g/mol. The summed E-state index contributed by atoms with van der Waals surface area (Å²) in [5.74, 6) is 0. The third-order valence-corrected chi connectivity index (χ3v) is 1.27. The zero-order valence-electron chi connectivity index (χ0n) is 6.11. The predicted molar refractivity (Wildman–Crippen MR) is 34.2 cm³/mol. The highest BCUT2D eigenvalue weighted by molar-refractivity contribution is 5.95. The van der Waals surface area contributed by atoms with Gasteiger partial charge in [0.2, 0.25) is 11.4 Å². The average Bonchev–Trinajstić information content (AvgIpc) is 2.30. The quantitative estimate of drug-likeness (QED) is 0.265. The summed E-state index contributed by atoms with van der Waals surface area (Å²) in [5, 5.41) is 25.3. The van der Waals surface area contributed by atoms with E-state index in [4.69, 9.17) is 5.21 Å². The third-order valence-electron chi connectivity index (χ3n) is 1.27. The van der Waals surface area contributed by atoms with Crippen LogP contribution in [0.3, 0.4) is 0 Å². The summed E-state index contributed by atoms with van der Waals surface area (Å²) in [6, 6.07) is 0. The van der Waals surface area contributed by atoms with Crippen molar-refractivity contribution in [2.24, 2.45) is 5.16 Å². The van der Waals surface area contributed by atoms with Crippen molar-refractivity contribution in [1.82, 2.24) is 5.16 Å². The number of aryl methyl sites for hydroxylation is 1. The molecule has 6 nitrogen and oxygen atoms in total. The lowest BCUT2D eigenvalue weighted by atomic mass is 10.2. The van der Waals surface area contributed by atoms with Crippen LogP contribution in [-0.2, 0) is 0 Å². The Kier molecular flexibility index (Phi) is 1.75. The van der Waals surface area contributed by atoms with E-state index in [9.17, 15) is 5.21 Å². The van der Waals surface area contributed by atoms with Crippen molar-refractivity contribution in [1.29, 1.82) is 0 Å². The maximum atomic E-state index is 10.7. The van der Waals surface area contributed by atoms with Crippen molar-refractivity contribution in [3.63, 3.8) is 0 Å². The van der Waals surface area contributed by atoms with Gasteiger partial charge in [-0.15, -0.1) is 0 Å². The molecule has 0 saturated carbocycles. The smallest absolute Gasteiger partial charge is 0.245 e. The van der Waals surface area contributed by atoms with Crippen molar-refractivity contribution >= 4 is 5.71 Å².